The van der Waals surface area contributed by atoms with Gasteiger partial charge in [0.05, 0.1) is 23.6 Å². The van der Waals surface area contributed by atoms with Crippen LogP contribution in [0.15, 0.2) is 18.2 Å². The Bertz CT molecular complexity index is 558. The number of non-ortho nitro benzene ring substituents is 1. The molecule has 0 bridgehead atoms. The molecule has 0 aliphatic carbocycles. The van der Waals surface area contributed by atoms with Gasteiger partial charge in [-0.15, -0.1) is 0 Å². The molecule has 22 heavy (non-hydrogen) atoms. The number of nitro benzene ring substituents is 1. The van der Waals surface area contributed by atoms with Crippen LogP contribution in [-0.4, -0.2) is 48.6 Å². The van der Waals surface area contributed by atoms with Crippen LogP contribution in [0.5, 0.6) is 5.75 Å². The Morgan fingerprint density at radius 3 is 2.68 bits per heavy atom. The molecule has 0 aromatic heterocycles. The number of halogens is 1. The van der Waals surface area contributed by atoms with Crippen molar-refractivity contribution in [2.24, 2.45) is 0 Å². The number of hydrogen-bond acceptors (Lipinski definition) is 6. The SMILES string of the molecule is COC(=O)CN1CCC(Oc2ccc([N+](=O)[O-])cc2Cl)CC1. The van der Waals surface area contributed by atoms with Crippen molar-refractivity contribution in [1.82, 2.24) is 4.90 Å². The third kappa shape index (κ3) is 4.32. The van der Waals surface area contributed by atoms with Crippen molar-refractivity contribution in [2.45, 2.75) is 18.9 Å². The van der Waals surface area contributed by atoms with Crippen molar-refractivity contribution in [2.75, 3.05) is 26.7 Å². The Morgan fingerprint density at radius 1 is 1.45 bits per heavy atom. The third-order valence-electron chi connectivity index (χ3n) is 3.53. The summed E-state index contributed by atoms with van der Waals surface area (Å²) >= 11 is 6.01. The molecule has 0 spiro atoms. The van der Waals surface area contributed by atoms with Gasteiger partial charge >= 0.3 is 5.97 Å². The topological polar surface area (TPSA) is 81.9 Å². The minimum absolute atomic E-state index is 0.0205. The molecule has 120 valence electrons. The van der Waals surface area contributed by atoms with Gasteiger partial charge in [-0.25, -0.2) is 0 Å². The molecule has 7 nitrogen and oxygen atoms in total. The first-order chi connectivity index (χ1) is 10.5. The van der Waals surface area contributed by atoms with Crippen LogP contribution >= 0.6 is 11.6 Å². The fourth-order valence-corrected chi connectivity index (χ4v) is 2.53. The maximum absolute atomic E-state index is 11.2. The van der Waals surface area contributed by atoms with Crippen LogP contribution in [-0.2, 0) is 9.53 Å². The predicted octanol–water partition coefficient (Wildman–Crippen LogP) is 2.26. The summed E-state index contributed by atoms with van der Waals surface area (Å²) < 4.78 is 10.4. The van der Waals surface area contributed by atoms with E-state index in [1.807, 2.05) is 4.90 Å². The summed E-state index contributed by atoms with van der Waals surface area (Å²) in [6.07, 6.45) is 1.49. The standard InChI is InChI=1S/C14H17ClN2O5/c1-21-14(18)9-16-6-4-11(5-7-16)22-13-3-2-10(17(19)20)8-12(13)15/h2-3,8,11H,4-7,9H2,1H3. The number of esters is 1. The molecule has 1 fully saturated rings. The van der Waals surface area contributed by atoms with Crippen molar-refractivity contribution in [3.63, 3.8) is 0 Å². The normalized spacial score (nSPS) is 16.3. The number of benzene rings is 1. The monoisotopic (exact) mass is 328 g/mol. The summed E-state index contributed by atoms with van der Waals surface area (Å²) in [4.78, 5) is 23.4. The van der Waals surface area contributed by atoms with E-state index in [1.165, 1.54) is 25.3 Å². The van der Waals surface area contributed by atoms with E-state index >= 15 is 0 Å². The first kappa shape index (κ1) is 16.5. The van der Waals surface area contributed by atoms with Crippen LogP contribution < -0.4 is 4.74 Å². The van der Waals surface area contributed by atoms with Gasteiger partial charge in [-0.05, 0) is 18.9 Å². The van der Waals surface area contributed by atoms with Gasteiger partial charge in [0.2, 0.25) is 0 Å². The number of likely N-dealkylation sites (tertiary alicyclic amines) is 1. The molecule has 0 N–H and O–H groups in total. The quantitative estimate of drug-likeness (QED) is 0.468. The fourth-order valence-electron chi connectivity index (χ4n) is 2.31. The van der Waals surface area contributed by atoms with Crippen LogP contribution in [0.1, 0.15) is 12.8 Å². The number of methoxy groups -OCH3 is 1. The molecule has 8 heteroatoms. The van der Waals surface area contributed by atoms with Crippen LogP contribution in [0.3, 0.4) is 0 Å². The fraction of sp³-hybridized carbons (Fsp3) is 0.500. The molecule has 0 amide bonds. The summed E-state index contributed by atoms with van der Waals surface area (Å²) in [5, 5.41) is 10.9. The molecule has 0 saturated carbocycles. The number of nitrogens with zero attached hydrogens (tertiary/aromatic N) is 2. The average Bonchev–Trinajstić information content (AvgIpc) is 2.50. The lowest BCUT2D eigenvalue weighted by Gasteiger charge is -2.31. The van der Waals surface area contributed by atoms with Gasteiger partial charge in [-0.3, -0.25) is 19.8 Å². The molecular weight excluding hydrogens is 312 g/mol. The molecule has 1 aromatic rings. The Balaban J connectivity index is 1.88. The van der Waals surface area contributed by atoms with E-state index in [9.17, 15) is 14.9 Å². The second kappa shape index (κ2) is 7.42. The number of piperidine rings is 1. The van der Waals surface area contributed by atoms with Crippen LogP contribution in [0, 0.1) is 10.1 Å². The van der Waals surface area contributed by atoms with E-state index in [0.29, 0.717) is 5.75 Å². The number of nitro groups is 1. The smallest absolute Gasteiger partial charge is 0.319 e. The molecular formula is C14H17ClN2O5. The lowest BCUT2D eigenvalue weighted by Crippen LogP contribution is -2.41. The van der Waals surface area contributed by atoms with Gasteiger partial charge in [0.15, 0.2) is 0 Å². The van der Waals surface area contributed by atoms with Gasteiger partial charge in [-0.1, -0.05) is 11.6 Å². The highest BCUT2D eigenvalue weighted by Gasteiger charge is 2.23. The number of ether oxygens (including phenoxy) is 2. The molecule has 1 aromatic carbocycles. The van der Waals surface area contributed by atoms with Gasteiger partial charge in [0, 0.05) is 25.2 Å². The van der Waals surface area contributed by atoms with Crippen molar-refractivity contribution in [3.8, 4) is 5.75 Å². The molecule has 0 unspecified atom stereocenters. The largest absolute Gasteiger partial charge is 0.489 e. The van der Waals surface area contributed by atoms with Crippen LogP contribution in [0.4, 0.5) is 5.69 Å². The Kier molecular flexibility index (Phi) is 5.57. The van der Waals surface area contributed by atoms with E-state index in [4.69, 9.17) is 16.3 Å². The highest BCUT2D eigenvalue weighted by Crippen LogP contribution is 2.30. The summed E-state index contributed by atoms with van der Waals surface area (Å²) in [6.45, 7) is 1.73. The summed E-state index contributed by atoms with van der Waals surface area (Å²) in [5.74, 6) is 0.191. The lowest BCUT2D eigenvalue weighted by atomic mass is 10.1. The Morgan fingerprint density at radius 2 is 2.14 bits per heavy atom. The van der Waals surface area contributed by atoms with Gasteiger partial charge in [-0.2, -0.15) is 0 Å². The van der Waals surface area contributed by atoms with E-state index in [0.717, 1.165) is 25.9 Å². The Hall–Kier alpha value is -1.86. The van der Waals surface area contributed by atoms with Crippen LogP contribution in [0.25, 0.3) is 0 Å². The maximum Gasteiger partial charge on any atom is 0.319 e. The zero-order valence-electron chi connectivity index (χ0n) is 12.2. The number of carbonyl (C=O) groups is 1. The van der Waals surface area contributed by atoms with Crippen LogP contribution in [0.2, 0.25) is 5.02 Å². The molecule has 0 radical (unpaired) electrons. The molecule has 1 heterocycles. The third-order valence-corrected chi connectivity index (χ3v) is 3.83. The first-order valence-electron chi connectivity index (χ1n) is 6.89. The Labute approximate surface area is 132 Å². The molecule has 1 saturated heterocycles. The van der Waals surface area contributed by atoms with Gasteiger partial charge in [0.1, 0.15) is 11.9 Å². The van der Waals surface area contributed by atoms with E-state index in [2.05, 4.69) is 4.74 Å². The molecule has 1 aliphatic heterocycles. The zero-order valence-corrected chi connectivity index (χ0v) is 12.9. The summed E-state index contributed by atoms with van der Waals surface area (Å²) in [7, 11) is 1.37. The molecule has 0 atom stereocenters. The second-order valence-corrected chi connectivity index (χ2v) is 5.45. The number of carbonyl (C=O) groups excluding carboxylic acids is 1. The molecule has 1 aliphatic rings. The zero-order chi connectivity index (χ0) is 16.1. The highest BCUT2D eigenvalue weighted by atomic mass is 35.5. The van der Waals surface area contributed by atoms with E-state index in [-0.39, 0.29) is 29.3 Å². The lowest BCUT2D eigenvalue weighted by molar-refractivity contribution is -0.384. The van der Waals surface area contributed by atoms with Crippen molar-refractivity contribution in [3.05, 3.63) is 33.3 Å². The minimum atomic E-state index is -0.499. The summed E-state index contributed by atoms with van der Waals surface area (Å²) in [5.41, 5.74) is -0.0646. The van der Waals surface area contributed by atoms with Crippen molar-refractivity contribution < 1.29 is 19.2 Å². The highest BCUT2D eigenvalue weighted by molar-refractivity contribution is 6.32. The second-order valence-electron chi connectivity index (χ2n) is 5.04. The maximum atomic E-state index is 11.2. The number of rotatable bonds is 5. The van der Waals surface area contributed by atoms with Gasteiger partial charge < -0.3 is 9.47 Å². The van der Waals surface area contributed by atoms with Gasteiger partial charge in [0.25, 0.3) is 5.69 Å². The van der Waals surface area contributed by atoms with Crippen molar-refractivity contribution >= 4 is 23.3 Å². The number of hydrogen-bond donors (Lipinski definition) is 0. The molecule has 2 rings (SSSR count). The average molecular weight is 329 g/mol. The summed E-state index contributed by atoms with van der Waals surface area (Å²) in [6, 6.07) is 4.16. The minimum Gasteiger partial charge on any atom is -0.489 e. The first-order valence-corrected chi connectivity index (χ1v) is 7.27. The van der Waals surface area contributed by atoms with Crippen molar-refractivity contribution in [1.29, 1.82) is 0 Å². The van der Waals surface area contributed by atoms with E-state index in [1.54, 1.807) is 0 Å². The van der Waals surface area contributed by atoms with E-state index < -0.39 is 4.92 Å². The predicted molar refractivity (Wildman–Crippen MR) is 80.2 cm³/mol.